The Labute approximate surface area is 138 Å². The highest BCUT2D eigenvalue weighted by Crippen LogP contribution is 2.19. The lowest BCUT2D eigenvalue weighted by Gasteiger charge is -2.11. The van der Waals surface area contributed by atoms with Crippen LogP contribution in [0.3, 0.4) is 0 Å². The third-order valence-corrected chi connectivity index (χ3v) is 3.83. The number of nitriles is 1. The SMILES string of the molecule is CC(C)COc1ccc(/C=C(\C#N)C(=O)NC2CCCC2)cc1. The zero-order valence-electron chi connectivity index (χ0n) is 13.8. The molecule has 1 aromatic carbocycles. The van der Waals surface area contributed by atoms with E-state index in [4.69, 9.17) is 4.74 Å². The Bertz CT molecular complexity index is 591. The largest absolute Gasteiger partial charge is 0.493 e. The lowest BCUT2D eigenvalue weighted by Crippen LogP contribution is -2.33. The number of ether oxygens (including phenoxy) is 1. The number of carbonyl (C=O) groups excluding carboxylic acids is 1. The Kier molecular flexibility index (Phi) is 6.22. The summed E-state index contributed by atoms with van der Waals surface area (Å²) in [6.45, 7) is 4.86. The minimum atomic E-state index is -0.278. The highest BCUT2D eigenvalue weighted by molar-refractivity contribution is 6.01. The summed E-state index contributed by atoms with van der Waals surface area (Å²) in [5, 5.41) is 12.2. The number of amides is 1. The normalized spacial score (nSPS) is 15.5. The topological polar surface area (TPSA) is 62.1 Å². The Morgan fingerprint density at radius 2 is 2.00 bits per heavy atom. The van der Waals surface area contributed by atoms with Crippen LogP contribution in [0.4, 0.5) is 0 Å². The van der Waals surface area contributed by atoms with Crippen molar-refractivity contribution in [3.8, 4) is 11.8 Å². The molecule has 122 valence electrons. The molecular formula is C19H24N2O2. The van der Waals surface area contributed by atoms with Gasteiger partial charge in [-0.1, -0.05) is 38.8 Å². The van der Waals surface area contributed by atoms with E-state index in [1.807, 2.05) is 30.3 Å². The van der Waals surface area contributed by atoms with Gasteiger partial charge in [0.2, 0.25) is 0 Å². The van der Waals surface area contributed by atoms with Crippen molar-refractivity contribution in [3.63, 3.8) is 0 Å². The Balaban J connectivity index is 1.99. The molecule has 1 aliphatic carbocycles. The third-order valence-electron chi connectivity index (χ3n) is 3.83. The molecule has 1 amide bonds. The van der Waals surface area contributed by atoms with Gasteiger partial charge in [-0.05, 0) is 42.5 Å². The van der Waals surface area contributed by atoms with E-state index >= 15 is 0 Å². The van der Waals surface area contributed by atoms with Crippen molar-refractivity contribution >= 4 is 12.0 Å². The van der Waals surface area contributed by atoms with Crippen LogP contribution in [0, 0.1) is 17.2 Å². The van der Waals surface area contributed by atoms with E-state index < -0.39 is 0 Å². The van der Waals surface area contributed by atoms with Crippen molar-refractivity contribution in [2.45, 2.75) is 45.6 Å². The molecule has 0 heterocycles. The Hall–Kier alpha value is -2.28. The molecule has 23 heavy (non-hydrogen) atoms. The van der Waals surface area contributed by atoms with Gasteiger partial charge in [-0.25, -0.2) is 0 Å². The number of carbonyl (C=O) groups is 1. The van der Waals surface area contributed by atoms with Gasteiger partial charge in [-0.2, -0.15) is 5.26 Å². The molecule has 0 spiro atoms. The van der Waals surface area contributed by atoms with Gasteiger partial charge in [-0.15, -0.1) is 0 Å². The number of nitrogens with zero attached hydrogens (tertiary/aromatic N) is 1. The van der Waals surface area contributed by atoms with Gasteiger partial charge in [0.05, 0.1) is 6.61 Å². The molecular weight excluding hydrogens is 288 g/mol. The molecule has 0 atom stereocenters. The van der Waals surface area contributed by atoms with Crippen molar-refractivity contribution in [1.82, 2.24) is 5.32 Å². The van der Waals surface area contributed by atoms with Crippen LogP contribution in [-0.2, 0) is 4.79 Å². The molecule has 1 aromatic rings. The predicted molar refractivity (Wildman–Crippen MR) is 90.8 cm³/mol. The molecule has 4 nitrogen and oxygen atoms in total. The summed E-state index contributed by atoms with van der Waals surface area (Å²) < 4.78 is 5.62. The van der Waals surface area contributed by atoms with Crippen LogP contribution in [0.5, 0.6) is 5.75 Å². The Morgan fingerprint density at radius 3 is 2.57 bits per heavy atom. The fourth-order valence-corrected chi connectivity index (χ4v) is 2.57. The van der Waals surface area contributed by atoms with Gasteiger partial charge < -0.3 is 10.1 Å². The van der Waals surface area contributed by atoms with Gasteiger partial charge in [0.15, 0.2) is 0 Å². The predicted octanol–water partition coefficient (Wildman–Crippen LogP) is 3.69. The molecule has 4 heteroatoms. The van der Waals surface area contributed by atoms with Gasteiger partial charge >= 0.3 is 0 Å². The summed E-state index contributed by atoms with van der Waals surface area (Å²) in [4.78, 5) is 12.2. The minimum Gasteiger partial charge on any atom is -0.493 e. The van der Waals surface area contributed by atoms with Gasteiger partial charge in [0.1, 0.15) is 17.4 Å². The minimum absolute atomic E-state index is 0.146. The van der Waals surface area contributed by atoms with Crippen LogP contribution in [0.2, 0.25) is 0 Å². The number of hydrogen-bond donors (Lipinski definition) is 1. The third kappa shape index (κ3) is 5.45. The molecule has 2 rings (SSSR count). The van der Waals surface area contributed by atoms with Crippen molar-refractivity contribution in [2.24, 2.45) is 5.92 Å². The summed E-state index contributed by atoms with van der Waals surface area (Å²) in [5.41, 5.74) is 0.966. The number of benzene rings is 1. The van der Waals surface area contributed by atoms with Crippen LogP contribution in [-0.4, -0.2) is 18.6 Å². The van der Waals surface area contributed by atoms with E-state index in [0.29, 0.717) is 12.5 Å². The summed E-state index contributed by atoms with van der Waals surface area (Å²) >= 11 is 0. The van der Waals surface area contributed by atoms with Crippen LogP contribution in [0.15, 0.2) is 29.8 Å². The first kappa shape index (κ1) is 17.1. The first-order valence-electron chi connectivity index (χ1n) is 8.24. The summed E-state index contributed by atoms with van der Waals surface area (Å²) in [5.74, 6) is 0.989. The first-order valence-corrected chi connectivity index (χ1v) is 8.24. The number of rotatable bonds is 6. The number of hydrogen-bond acceptors (Lipinski definition) is 3. The van der Waals surface area contributed by atoms with Gasteiger partial charge in [-0.3, -0.25) is 4.79 Å². The highest BCUT2D eigenvalue weighted by atomic mass is 16.5. The quantitative estimate of drug-likeness (QED) is 0.643. The maximum Gasteiger partial charge on any atom is 0.262 e. The van der Waals surface area contributed by atoms with Gasteiger partial charge in [0.25, 0.3) is 5.91 Å². The molecule has 0 aliphatic heterocycles. The molecule has 0 unspecified atom stereocenters. The second-order valence-electron chi connectivity index (χ2n) is 6.40. The molecule has 1 aliphatic rings. The van der Waals surface area contributed by atoms with E-state index in [1.165, 1.54) is 0 Å². The van der Waals surface area contributed by atoms with Crippen molar-refractivity contribution in [3.05, 3.63) is 35.4 Å². The average Bonchev–Trinajstić information content (AvgIpc) is 3.04. The summed E-state index contributed by atoms with van der Waals surface area (Å²) in [6, 6.07) is 9.64. The molecule has 1 fully saturated rings. The highest BCUT2D eigenvalue weighted by Gasteiger charge is 2.19. The van der Waals surface area contributed by atoms with E-state index in [-0.39, 0.29) is 17.5 Å². The second kappa shape index (κ2) is 8.38. The van der Waals surface area contributed by atoms with E-state index in [9.17, 15) is 10.1 Å². The fourth-order valence-electron chi connectivity index (χ4n) is 2.57. The maximum atomic E-state index is 12.2. The standard InChI is InChI=1S/C19H24N2O2/c1-14(2)13-23-18-9-7-15(8-10-18)11-16(12-20)19(22)21-17-5-3-4-6-17/h7-11,14,17H,3-6,13H2,1-2H3,(H,21,22)/b16-11+. The van der Waals surface area contributed by atoms with Crippen LogP contribution in [0.1, 0.15) is 45.1 Å². The van der Waals surface area contributed by atoms with Crippen LogP contribution < -0.4 is 10.1 Å². The van der Waals surface area contributed by atoms with E-state index in [0.717, 1.165) is 37.0 Å². The molecule has 0 saturated heterocycles. The summed E-state index contributed by atoms with van der Waals surface area (Å²) in [7, 11) is 0. The number of nitrogens with one attached hydrogen (secondary N) is 1. The second-order valence-corrected chi connectivity index (χ2v) is 6.40. The molecule has 0 aromatic heterocycles. The maximum absolute atomic E-state index is 12.2. The summed E-state index contributed by atoms with van der Waals surface area (Å²) in [6.07, 6.45) is 5.93. The Morgan fingerprint density at radius 1 is 1.35 bits per heavy atom. The van der Waals surface area contributed by atoms with Crippen molar-refractivity contribution in [2.75, 3.05) is 6.61 Å². The van der Waals surface area contributed by atoms with Crippen LogP contribution >= 0.6 is 0 Å². The van der Waals surface area contributed by atoms with E-state index in [2.05, 4.69) is 19.2 Å². The fraction of sp³-hybridized carbons (Fsp3) is 0.474. The van der Waals surface area contributed by atoms with Gasteiger partial charge in [0, 0.05) is 6.04 Å². The lowest BCUT2D eigenvalue weighted by molar-refractivity contribution is -0.117. The molecule has 0 radical (unpaired) electrons. The zero-order valence-corrected chi connectivity index (χ0v) is 13.8. The molecule has 0 bridgehead atoms. The van der Waals surface area contributed by atoms with Crippen molar-refractivity contribution < 1.29 is 9.53 Å². The smallest absolute Gasteiger partial charge is 0.262 e. The first-order chi connectivity index (χ1) is 11.1. The molecule has 1 N–H and O–H groups in total. The van der Waals surface area contributed by atoms with E-state index in [1.54, 1.807) is 6.08 Å². The monoisotopic (exact) mass is 312 g/mol. The average molecular weight is 312 g/mol. The zero-order chi connectivity index (χ0) is 16.7. The van der Waals surface area contributed by atoms with Crippen LogP contribution in [0.25, 0.3) is 6.08 Å². The molecule has 1 saturated carbocycles. The lowest BCUT2D eigenvalue weighted by atomic mass is 10.1. The van der Waals surface area contributed by atoms with Crippen molar-refractivity contribution in [1.29, 1.82) is 5.26 Å².